The van der Waals surface area contributed by atoms with Crippen molar-refractivity contribution >= 4 is 39.4 Å². The Kier molecular flexibility index (Phi) is 5.06. The van der Waals surface area contributed by atoms with Gasteiger partial charge in [-0.25, -0.2) is 4.79 Å². The van der Waals surface area contributed by atoms with E-state index < -0.39 is 5.97 Å². The Morgan fingerprint density at radius 3 is 2.39 bits per heavy atom. The molecule has 2 aromatic rings. The van der Waals surface area contributed by atoms with Crippen LogP contribution in [-0.4, -0.2) is 17.8 Å². The number of carbonyl (C=O) groups excluding carboxylic acids is 3. The highest BCUT2D eigenvalue weighted by atomic mass is 79.9. The van der Waals surface area contributed by atoms with Gasteiger partial charge in [-0.3, -0.25) is 14.5 Å². The van der Waals surface area contributed by atoms with Gasteiger partial charge in [0.15, 0.2) is 0 Å². The normalized spacial score (nSPS) is 24.2. The van der Waals surface area contributed by atoms with E-state index >= 15 is 0 Å². The fraction of sp³-hybridized carbons (Fsp3) is 0.318. The van der Waals surface area contributed by atoms with Crippen molar-refractivity contribution in [3.8, 4) is 5.75 Å². The van der Waals surface area contributed by atoms with Crippen molar-refractivity contribution < 1.29 is 19.1 Å². The summed E-state index contributed by atoms with van der Waals surface area (Å²) in [4.78, 5) is 39.2. The van der Waals surface area contributed by atoms with Crippen LogP contribution in [0.15, 0.2) is 53.0 Å². The number of nitrogens with zero attached hydrogens (tertiary/aromatic N) is 1. The van der Waals surface area contributed by atoms with E-state index in [9.17, 15) is 14.4 Å². The Balaban J connectivity index is 1.51. The number of anilines is 1. The van der Waals surface area contributed by atoms with Crippen molar-refractivity contribution in [2.45, 2.75) is 26.2 Å². The third kappa shape index (κ3) is 3.37. The van der Waals surface area contributed by atoms with Crippen LogP contribution < -0.4 is 9.64 Å². The van der Waals surface area contributed by atoms with E-state index in [1.807, 2.05) is 6.07 Å². The van der Waals surface area contributed by atoms with Crippen LogP contribution in [0.5, 0.6) is 5.75 Å². The molecular weight excluding hydrogens is 422 g/mol. The molecule has 4 rings (SSSR count). The zero-order chi connectivity index (χ0) is 19.8. The van der Waals surface area contributed by atoms with Crippen LogP contribution in [0.1, 0.15) is 36.5 Å². The Morgan fingerprint density at radius 2 is 1.68 bits per heavy atom. The smallest absolute Gasteiger partial charge is 0.344 e. The minimum absolute atomic E-state index is 0.111. The molecule has 28 heavy (non-hydrogen) atoms. The van der Waals surface area contributed by atoms with E-state index in [0.717, 1.165) is 19.3 Å². The van der Waals surface area contributed by atoms with Crippen molar-refractivity contribution in [3.63, 3.8) is 0 Å². The first-order chi connectivity index (χ1) is 13.5. The molecule has 5 nitrogen and oxygen atoms in total. The van der Waals surface area contributed by atoms with Gasteiger partial charge in [-0.05, 0) is 77.5 Å². The van der Waals surface area contributed by atoms with Gasteiger partial charge < -0.3 is 4.74 Å². The molecule has 0 aromatic heterocycles. The molecule has 2 fully saturated rings. The highest BCUT2D eigenvalue weighted by Gasteiger charge is 2.49. The lowest BCUT2D eigenvalue weighted by molar-refractivity contribution is -0.122. The third-order valence-electron chi connectivity index (χ3n) is 5.59. The number of imide groups is 1. The molecule has 1 heterocycles. The second-order valence-electron chi connectivity index (χ2n) is 7.51. The molecule has 144 valence electrons. The number of esters is 1. The first kappa shape index (κ1) is 18.9. The predicted molar refractivity (Wildman–Crippen MR) is 108 cm³/mol. The number of halogens is 1. The third-order valence-corrected chi connectivity index (χ3v) is 6.28. The lowest BCUT2D eigenvalue weighted by atomic mass is 9.76. The molecule has 6 heteroatoms. The molecule has 1 saturated heterocycles. The number of benzene rings is 2. The molecule has 3 atom stereocenters. The summed E-state index contributed by atoms with van der Waals surface area (Å²) in [6.07, 6.45) is 2.53. The average Bonchev–Trinajstić information content (AvgIpc) is 2.93. The highest BCUT2D eigenvalue weighted by Crippen LogP contribution is 2.42. The molecule has 0 spiro atoms. The van der Waals surface area contributed by atoms with E-state index in [0.29, 0.717) is 27.4 Å². The molecule has 2 amide bonds. The van der Waals surface area contributed by atoms with Gasteiger partial charge in [-0.1, -0.05) is 19.1 Å². The van der Waals surface area contributed by atoms with Crippen LogP contribution in [0.2, 0.25) is 0 Å². The number of carbonyl (C=O) groups is 3. The topological polar surface area (TPSA) is 63.7 Å². The number of amides is 2. The SMILES string of the molecule is C[C@@H]1CC[C@H]2C(=O)N(c3ccc(OC(=O)c4ccccc4Br)cc3)C(=O)[C@@H]2C1. The van der Waals surface area contributed by atoms with E-state index in [1.54, 1.807) is 42.5 Å². The minimum Gasteiger partial charge on any atom is -0.423 e. The minimum atomic E-state index is -0.478. The fourth-order valence-corrected chi connectivity index (χ4v) is 4.54. The van der Waals surface area contributed by atoms with Gasteiger partial charge in [-0.15, -0.1) is 0 Å². The van der Waals surface area contributed by atoms with Gasteiger partial charge in [0, 0.05) is 4.47 Å². The zero-order valence-corrected chi connectivity index (χ0v) is 17.0. The predicted octanol–water partition coefficient (Wildman–Crippen LogP) is 4.59. The maximum atomic E-state index is 12.8. The Labute approximate surface area is 171 Å². The summed E-state index contributed by atoms with van der Waals surface area (Å²) in [6.45, 7) is 2.13. The molecular formula is C22H20BrNO4. The largest absolute Gasteiger partial charge is 0.423 e. The van der Waals surface area contributed by atoms with E-state index in [4.69, 9.17) is 4.74 Å². The highest BCUT2D eigenvalue weighted by molar-refractivity contribution is 9.10. The van der Waals surface area contributed by atoms with Crippen molar-refractivity contribution in [3.05, 3.63) is 58.6 Å². The standard InChI is InChI=1S/C22H20BrNO4/c1-13-6-11-16-18(12-13)21(26)24(20(16)25)14-7-9-15(10-8-14)28-22(27)17-4-2-3-5-19(17)23/h2-5,7-10,13,16,18H,6,11-12H2,1H3/t13-,16-,18-/m1/s1. The summed E-state index contributed by atoms with van der Waals surface area (Å²) in [7, 11) is 0. The lowest BCUT2D eigenvalue weighted by Gasteiger charge is -2.25. The van der Waals surface area contributed by atoms with Gasteiger partial charge in [0.2, 0.25) is 11.8 Å². The Morgan fingerprint density at radius 1 is 1.00 bits per heavy atom. The van der Waals surface area contributed by atoms with Crippen LogP contribution in [0.4, 0.5) is 5.69 Å². The maximum absolute atomic E-state index is 12.8. The van der Waals surface area contributed by atoms with Crippen molar-refractivity contribution in [2.75, 3.05) is 4.90 Å². The summed E-state index contributed by atoms with van der Waals surface area (Å²) in [5, 5.41) is 0. The first-order valence-corrected chi connectivity index (χ1v) is 10.2. The molecule has 0 radical (unpaired) electrons. The number of fused-ring (bicyclic) bond motifs is 1. The number of rotatable bonds is 3. The number of hydrogen-bond acceptors (Lipinski definition) is 4. The molecule has 0 N–H and O–H groups in total. The molecule has 0 unspecified atom stereocenters. The monoisotopic (exact) mass is 441 g/mol. The van der Waals surface area contributed by atoms with E-state index in [2.05, 4.69) is 22.9 Å². The van der Waals surface area contributed by atoms with Crippen LogP contribution in [0, 0.1) is 17.8 Å². The molecule has 1 aliphatic heterocycles. The molecule has 1 saturated carbocycles. The maximum Gasteiger partial charge on any atom is 0.344 e. The molecule has 2 aromatic carbocycles. The second kappa shape index (κ2) is 7.51. The Hall–Kier alpha value is -2.47. The first-order valence-electron chi connectivity index (χ1n) is 9.40. The molecule has 0 bridgehead atoms. The van der Waals surface area contributed by atoms with Crippen molar-refractivity contribution in [1.29, 1.82) is 0 Å². The Bertz CT molecular complexity index is 940. The van der Waals surface area contributed by atoms with Crippen molar-refractivity contribution in [2.24, 2.45) is 17.8 Å². The van der Waals surface area contributed by atoms with E-state index in [-0.39, 0.29) is 23.7 Å². The summed E-state index contributed by atoms with van der Waals surface area (Å²) in [5.41, 5.74) is 0.951. The summed E-state index contributed by atoms with van der Waals surface area (Å²) in [6, 6.07) is 13.5. The molecule has 2 aliphatic rings. The van der Waals surface area contributed by atoms with Gasteiger partial charge in [0.1, 0.15) is 5.75 Å². The quantitative estimate of drug-likeness (QED) is 0.396. The van der Waals surface area contributed by atoms with Crippen molar-refractivity contribution in [1.82, 2.24) is 0 Å². The van der Waals surface area contributed by atoms with Crippen LogP contribution >= 0.6 is 15.9 Å². The number of ether oxygens (including phenoxy) is 1. The van der Waals surface area contributed by atoms with Crippen LogP contribution in [0.3, 0.4) is 0 Å². The van der Waals surface area contributed by atoms with Gasteiger partial charge in [0.25, 0.3) is 0 Å². The summed E-state index contributed by atoms with van der Waals surface area (Å²) < 4.78 is 6.06. The van der Waals surface area contributed by atoms with Gasteiger partial charge >= 0.3 is 5.97 Å². The second-order valence-corrected chi connectivity index (χ2v) is 8.36. The van der Waals surface area contributed by atoms with E-state index in [1.165, 1.54) is 4.90 Å². The average molecular weight is 442 g/mol. The van der Waals surface area contributed by atoms with Gasteiger partial charge in [0.05, 0.1) is 23.1 Å². The van der Waals surface area contributed by atoms with Crippen LogP contribution in [-0.2, 0) is 9.59 Å². The molecule has 1 aliphatic carbocycles. The zero-order valence-electron chi connectivity index (χ0n) is 15.4. The van der Waals surface area contributed by atoms with Crippen LogP contribution in [0.25, 0.3) is 0 Å². The summed E-state index contributed by atoms with van der Waals surface area (Å²) in [5.74, 6) is -0.277. The fourth-order valence-electron chi connectivity index (χ4n) is 4.10. The lowest BCUT2D eigenvalue weighted by Crippen LogP contribution is -2.30. The van der Waals surface area contributed by atoms with Gasteiger partial charge in [-0.2, -0.15) is 0 Å². The number of hydrogen-bond donors (Lipinski definition) is 0. The summed E-state index contributed by atoms with van der Waals surface area (Å²) >= 11 is 3.33.